The predicted octanol–water partition coefficient (Wildman–Crippen LogP) is 5.11. The molecule has 5 heteroatoms. The number of fused-ring (bicyclic) bond motifs is 3. The first-order valence-corrected chi connectivity index (χ1v) is 12.0. The summed E-state index contributed by atoms with van der Waals surface area (Å²) in [6.07, 6.45) is 6.31. The Balaban J connectivity index is 1.33. The number of aryl methyl sites for hydroxylation is 1. The molecule has 0 unspecified atom stereocenters. The zero-order valence-corrected chi connectivity index (χ0v) is 18.6. The van der Waals surface area contributed by atoms with Gasteiger partial charge in [-0.05, 0) is 23.4 Å². The fraction of sp³-hybridized carbons (Fsp3) is 0.480. The number of hydrogen-bond acceptors (Lipinski definition) is 3. The van der Waals surface area contributed by atoms with E-state index in [2.05, 4.69) is 43.0 Å². The van der Waals surface area contributed by atoms with Crippen molar-refractivity contribution in [3.63, 3.8) is 0 Å². The van der Waals surface area contributed by atoms with Crippen molar-refractivity contribution < 1.29 is 14.0 Å². The standard InChI is InChI=1S/C25H33N2O2S/c1-2-14-26(19-23-11-7-18-30-23)25(28)29-24-20-27(16-12-22(24)13-17-27)15-6-10-21-8-4-3-5-9-21/h2-5,7-9,11,18,22,24H,1,6,10,12-17,19-20H2/q+1/t22?,24-,27?/m0/s1. The van der Waals surface area contributed by atoms with E-state index in [1.807, 2.05) is 11.4 Å². The maximum absolute atomic E-state index is 13.0. The third-order valence-electron chi connectivity index (χ3n) is 6.77. The zero-order chi connectivity index (χ0) is 20.8. The Bertz CT molecular complexity index is 813. The molecule has 0 N–H and O–H groups in total. The number of rotatable bonds is 9. The highest BCUT2D eigenvalue weighted by Crippen LogP contribution is 2.36. The van der Waals surface area contributed by atoms with Gasteiger partial charge in [0.1, 0.15) is 6.54 Å². The third-order valence-corrected chi connectivity index (χ3v) is 7.63. The Morgan fingerprint density at radius 2 is 2.00 bits per heavy atom. The molecule has 5 rings (SSSR count). The van der Waals surface area contributed by atoms with Crippen LogP contribution >= 0.6 is 11.3 Å². The molecular weight excluding hydrogens is 392 g/mol. The van der Waals surface area contributed by atoms with Crippen molar-refractivity contribution in [3.8, 4) is 0 Å². The second-order valence-electron chi connectivity index (χ2n) is 8.79. The summed E-state index contributed by atoms with van der Waals surface area (Å²) in [5.74, 6) is 0.524. The first-order chi connectivity index (χ1) is 14.7. The quantitative estimate of drug-likeness (QED) is 0.412. The van der Waals surface area contributed by atoms with Gasteiger partial charge in [-0.1, -0.05) is 42.5 Å². The average Bonchev–Trinajstić information content (AvgIpc) is 3.28. The van der Waals surface area contributed by atoms with Crippen LogP contribution in [0.25, 0.3) is 0 Å². The van der Waals surface area contributed by atoms with Crippen molar-refractivity contribution in [2.75, 3.05) is 32.7 Å². The van der Waals surface area contributed by atoms with Gasteiger partial charge >= 0.3 is 6.09 Å². The van der Waals surface area contributed by atoms with Gasteiger partial charge in [-0.25, -0.2) is 4.79 Å². The second kappa shape index (κ2) is 9.80. The van der Waals surface area contributed by atoms with Crippen LogP contribution in [-0.4, -0.2) is 54.3 Å². The van der Waals surface area contributed by atoms with Gasteiger partial charge in [0.15, 0.2) is 6.10 Å². The number of hydrogen-bond donors (Lipinski definition) is 0. The van der Waals surface area contributed by atoms with E-state index in [1.54, 1.807) is 22.3 Å². The molecule has 0 aliphatic carbocycles. The SMILES string of the molecule is C=CCN(Cc1cccs1)C(=O)O[C@H]1C[N+]2(CCCc3ccccc3)CCC1CC2. The summed E-state index contributed by atoms with van der Waals surface area (Å²) in [4.78, 5) is 15.9. The largest absolute Gasteiger partial charge is 0.440 e. The van der Waals surface area contributed by atoms with Crippen LogP contribution in [0, 0.1) is 5.92 Å². The van der Waals surface area contributed by atoms with Crippen molar-refractivity contribution in [1.82, 2.24) is 4.90 Å². The molecule has 4 heterocycles. The van der Waals surface area contributed by atoms with Gasteiger partial charge in [-0.15, -0.1) is 17.9 Å². The summed E-state index contributed by atoms with van der Waals surface area (Å²) in [5.41, 5.74) is 1.42. The van der Waals surface area contributed by atoms with Gasteiger partial charge < -0.3 is 9.22 Å². The van der Waals surface area contributed by atoms with E-state index in [9.17, 15) is 4.79 Å². The fourth-order valence-electron chi connectivity index (χ4n) is 5.09. The first-order valence-electron chi connectivity index (χ1n) is 11.2. The molecule has 30 heavy (non-hydrogen) atoms. The minimum Gasteiger partial charge on any atom is -0.440 e. The van der Waals surface area contributed by atoms with Crippen LogP contribution in [0.5, 0.6) is 0 Å². The summed E-state index contributed by atoms with van der Waals surface area (Å²) in [5, 5.41) is 2.05. The van der Waals surface area contributed by atoms with Crippen LogP contribution in [-0.2, 0) is 17.7 Å². The predicted molar refractivity (Wildman–Crippen MR) is 122 cm³/mol. The van der Waals surface area contributed by atoms with E-state index in [0.717, 1.165) is 17.4 Å². The number of quaternary nitrogens is 1. The van der Waals surface area contributed by atoms with E-state index in [-0.39, 0.29) is 12.2 Å². The second-order valence-corrected chi connectivity index (χ2v) is 9.82. The number of amides is 1. The number of piperidine rings is 3. The molecule has 1 aromatic heterocycles. The topological polar surface area (TPSA) is 29.5 Å². The minimum absolute atomic E-state index is 0.0485. The third kappa shape index (κ3) is 5.13. The number of ether oxygens (including phenoxy) is 1. The van der Waals surface area contributed by atoms with Crippen LogP contribution in [0.2, 0.25) is 0 Å². The molecule has 3 aliphatic rings. The molecule has 4 nitrogen and oxygen atoms in total. The normalized spacial score (nSPS) is 25.1. The summed E-state index contributed by atoms with van der Waals surface area (Å²) >= 11 is 1.67. The van der Waals surface area contributed by atoms with Crippen LogP contribution in [0.15, 0.2) is 60.5 Å². The molecule has 2 bridgehead atoms. The zero-order valence-electron chi connectivity index (χ0n) is 17.7. The number of benzene rings is 1. The van der Waals surface area contributed by atoms with E-state index in [4.69, 9.17) is 4.74 Å². The van der Waals surface area contributed by atoms with Gasteiger partial charge in [-0.3, -0.25) is 4.90 Å². The summed E-state index contributed by atoms with van der Waals surface area (Å²) < 4.78 is 7.23. The molecule has 0 radical (unpaired) electrons. The summed E-state index contributed by atoms with van der Waals surface area (Å²) in [7, 11) is 0. The van der Waals surface area contributed by atoms with Crippen molar-refractivity contribution in [1.29, 1.82) is 0 Å². The molecular formula is C25H33N2O2S+. The highest BCUT2D eigenvalue weighted by Gasteiger charge is 2.47. The summed E-state index contributed by atoms with van der Waals surface area (Å²) in [6, 6.07) is 14.8. The van der Waals surface area contributed by atoms with Crippen LogP contribution < -0.4 is 0 Å². The molecule has 1 amide bonds. The van der Waals surface area contributed by atoms with Crippen LogP contribution in [0.4, 0.5) is 4.79 Å². The molecule has 160 valence electrons. The fourth-order valence-corrected chi connectivity index (χ4v) is 5.81. The van der Waals surface area contributed by atoms with E-state index in [1.165, 1.54) is 49.3 Å². The number of carbonyl (C=O) groups excluding carboxylic acids is 1. The Hall–Kier alpha value is -2.11. The van der Waals surface area contributed by atoms with Gasteiger partial charge in [0.05, 0.1) is 26.2 Å². The molecule has 1 atom stereocenters. The highest BCUT2D eigenvalue weighted by atomic mass is 32.1. The van der Waals surface area contributed by atoms with Crippen LogP contribution in [0.3, 0.4) is 0 Å². The monoisotopic (exact) mass is 425 g/mol. The average molecular weight is 426 g/mol. The molecule has 1 aromatic carbocycles. The van der Waals surface area contributed by atoms with Crippen molar-refractivity contribution in [2.45, 2.75) is 38.3 Å². The Labute approximate surface area is 184 Å². The van der Waals surface area contributed by atoms with E-state index >= 15 is 0 Å². The van der Waals surface area contributed by atoms with Crippen molar-refractivity contribution in [2.24, 2.45) is 5.92 Å². The highest BCUT2D eigenvalue weighted by molar-refractivity contribution is 7.09. The lowest BCUT2D eigenvalue weighted by Gasteiger charge is -2.52. The number of nitrogens with zero attached hydrogens (tertiary/aromatic N) is 2. The first kappa shape index (κ1) is 21.1. The molecule has 0 spiro atoms. The molecule has 2 aromatic rings. The lowest BCUT2D eigenvalue weighted by atomic mass is 9.83. The summed E-state index contributed by atoms with van der Waals surface area (Å²) in [6.45, 7) is 9.56. The smallest absolute Gasteiger partial charge is 0.410 e. The van der Waals surface area contributed by atoms with E-state index < -0.39 is 0 Å². The maximum Gasteiger partial charge on any atom is 0.410 e. The number of carbonyl (C=O) groups is 1. The minimum atomic E-state index is -0.190. The van der Waals surface area contributed by atoms with Gasteiger partial charge in [0, 0.05) is 36.6 Å². The number of thiophene rings is 1. The molecule has 0 saturated carbocycles. The van der Waals surface area contributed by atoms with Crippen molar-refractivity contribution in [3.05, 3.63) is 70.9 Å². The molecule has 3 fully saturated rings. The van der Waals surface area contributed by atoms with Gasteiger partial charge in [0.2, 0.25) is 0 Å². The van der Waals surface area contributed by atoms with Gasteiger partial charge in [0.25, 0.3) is 0 Å². The van der Waals surface area contributed by atoms with Gasteiger partial charge in [-0.2, -0.15) is 0 Å². The lowest BCUT2D eigenvalue weighted by molar-refractivity contribution is -0.946. The molecule has 3 saturated heterocycles. The molecule has 3 aliphatic heterocycles. The Kier molecular flexibility index (Phi) is 6.90. The Morgan fingerprint density at radius 3 is 2.70 bits per heavy atom. The van der Waals surface area contributed by atoms with E-state index in [0.29, 0.717) is 19.0 Å². The van der Waals surface area contributed by atoms with Crippen molar-refractivity contribution >= 4 is 17.4 Å². The van der Waals surface area contributed by atoms with Crippen LogP contribution in [0.1, 0.15) is 29.7 Å². The lowest BCUT2D eigenvalue weighted by Crippen LogP contribution is -2.65. The Morgan fingerprint density at radius 1 is 1.20 bits per heavy atom. The maximum atomic E-state index is 13.0.